The van der Waals surface area contributed by atoms with E-state index in [9.17, 15) is 13.2 Å². The number of aryl methyl sites for hydroxylation is 1. The SMILES string of the molecule is Cn1nc(-c2ccccn2)cc1C(=O)Nc1cc(Cl)cc(S(C)(=O)=O)c1. The van der Waals surface area contributed by atoms with Gasteiger partial charge in [-0.2, -0.15) is 5.10 Å². The summed E-state index contributed by atoms with van der Waals surface area (Å²) in [5.41, 5.74) is 1.78. The first-order valence-corrected chi connectivity index (χ1v) is 9.78. The van der Waals surface area contributed by atoms with Crippen molar-refractivity contribution in [2.75, 3.05) is 11.6 Å². The third-order valence-electron chi connectivity index (χ3n) is 3.60. The molecule has 134 valence electrons. The number of benzene rings is 1. The number of nitrogens with one attached hydrogen (secondary N) is 1. The zero-order valence-corrected chi connectivity index (χ0v) is 15.5. The maximum absolute atomic E-state index is 12.6. The summed E-state index contributed by atoms with van der Waals surface area (Å²) < 4.78 is 24.9. The van der Waals surface area contributed by atoms with E-state index >= 15 is 0 Å². The third-order valence-corrected chi connectivity index (χ3v) is 4.91. The fourth-order valence-corrected chi connectivity index (χ4v) is 3.35. The molecule has 0 spiro atoms. The van der Waals surface area contributed by atoms with Crippen LogP contribution >= 0.6 is 11.6 Å². The molecule has 0 aliphatic heterocycles. The number of halogens is 1. The molecule has 0 atom stereocenters. The molecule has 9 heteroatoms. The van der Waals surface area contributed by atoms with Gasteiger partial charge in [-0.3, -0.25) is 14.5 Å². The topological polar surface area (TPSA) is 93.9 Å². The molecular weight excluding hydrogens is 376 g/mol. The number of pyridine rings is 1. The Morgan fingerprint density at radius 1 is 1.15 bits per heavy atom. The lowest BCUT2D eigenvalue weighted by molar-refractivity contribution is 0.101. The van der Waals surface area contributed by atoms with Gasteiger partial charge in [-0.05, 0) is 36.4 Å². The van der Waals surface area contributed by atoms with Crippen LogP contribution in [0, 0.1) is 0 Å². The molecule has 0 saturated carbocycles. The van der Waals surface area contributed by atoms with Gasteiger partial charge in [0.15, 0.2) is 9.84 Å². The van der Waals surface area contributed by atoms with Crippen molar-refractivity contribution in [2.45, 2.75) is 4.90 Å². The average molecular weight is 391 g/mol. The molecule has 3 aromatic rings. The van der Waals surface area contributed by atoms with Crippen LogP contribution in [0.25, 0.3) is 11.4 Å². The van der Waals surface area contributed by atoms with E-state index in [1.165, 1.54) is 22.9 Å². The standard InChI is InChI=1S/C17H15ClN4O3S/c1-22-16(10-15(21-22)14-5-3-4-6-19-14)17(23)20-12-7-11(18)8-13(9-12)26(2,24)25/h3-10H,1-2H3,(H,20,23). The molecule has 0 radical (unpaired) electrons. The summed E-state index contributed by atoms with van der Waals surface area (Å²) in [5, 5.41) is 7.15. The lowest BCUT2D eigenvalue weighted by atomic mass is 10.2. The fraction of sp³-hybridized carbons (Fsp3) is 0.118. The number of aromatic nitrogens is 3. The van der Waals surface area contributed by atoms with Crippen LogP contribution in [-0.4, -0.2) is 35.3 Å². The number of nitrogens with zero attached hydrogens (tertiary/aromatic N) is 3. The van der Waals surface area contributed by atoms with Gasteiger partial charge in [-0.25, -0.2) is 8.42 Å². The van der Waals surface area contributed by atoms with Crippen LogP contribution in [0.4, 0.5) is 5.69 Å². The predicted molar refractivity (Wildman–Crippen MR) is 99.0 cm³/mol. The van der Waals surface area contributed by atoms with Gasteiger partial charge in [0.1, 0.15) is 11.4 Å². The molecule has 26 heavy (non-hydrogen) atoms. The van der Waals surface area contributed by atoms with Crippen molar-refractivity contribution in [1.29, 1.82) is 0 Å². The van der Waals surface area contributed by atoms with E-state index in [1.54, 1.807) is 31.4 Å². The number of amides is 1. The number of hydrogen-bond donors (Lipinski definition) is 1. The lowest BCUT2D eigenvalue weighted by Gasteiger charge is -2.08. The average Bonchev–Trinajstić information content (AvgIpc) is 2.96. The highest BCUT2D eigenvalue weighted by Crippen LogP contribution is 2.23. The summed E-state index contributed by atoms with van der Waals surface area (Å²) >= 11 is 5.96. The summed E-state index contributed by atoms with van der Waals surface area (Å²) in [6.45, 7) is 0. The Morgan fingerprint density at radius 3 is 2.58 bits per heavy atom. The van der Waals surface area contributed by atoms with Gasteiger partial charge in [-0.15, -0.1) is 0 Å². The van der Waals surface area contributed by atoms with Gasteiger partial charge < -0.3 is 5.32 Å². The van der Waals surface area contributed by atoms with E-state index in [1.807, 2.05) is 6.07 Å². The second kappa shape index (κ2) is 6.89. The molecule has 1 N–H and O–H groups in total. The van der Waals surface area contributed by atoms with E-state index in [4.69, 9.17) is 11.6 Å². The van der Waals surface area contributed by atoms with E-state index in [-0.39, 0.29) is 15.6 Å². The van der Waals surface area contributed by atoms with E-state index < -0.39 is 15.7 Å². The van der Waals surface area contributed by atoms with Gasteiger partial charge >= 0.3 is 0 Å². The van der Waals surface area contributed by atoms with Crippen molar-refractivity contribution >= 4 is 33.0 Å². The number of carbonyl (C=O) groups excluding carboxylic acids is 1. The number of sulfone groups is 1. The van der Waals surface area contributed by atoms with Crippen molar-refractivity contribution in [2.24, 2.45) is 7.05 Å². The number of rotatable bonds is 4. The minimum Gasteiger partial charge on any atom is -0.321 e. The van der Waals surface area contributed by atoms with Crippen LogP contribution in [0.2, 0.25) is 5.02 Å². The van der Waals surface area contributed by atoms with Crippen LogP contribution in [0.5, 0.6) is 0 Å². The van der Waals surface area contributed by atoms with E-state index in [0.29, 0.717) is 17.1 Å². The number of carbonyl (C=O) groups is 1. The number of anilines is 1. The molecule has 0 aliphatic rings. The van der Waals surface area contributed by atoms with Crippen LogP contribution in [0.3, 0.4) is 0 Å². The second-order valence-electron chi connectivity index (χ2n) is 5.66. The molecule has 3 rings (SSSR count). The third kappa shape index (κ3) is 3.92. The molecule has 0 bridgehead atoms. The van der Waals surface area contributed by atoms with E-state index in [2.05, 4.69) is 15.4 Å². The Labute approximate surface area is 155 Å². The molecular formula is C17H15ClN4O3S. The first-order valence-electron chi connectivity index (χ1n) is 7.51. The molecule has 0 fully saturated rings. The summed E-state index contributed by atoms with van der Waals surface area (Å²) in [4.78, 5) is 16.8. The van der Waals surface area contributed by atoms with Crippen molar-refractivity contribution in [3.05, 3.63) is 59.4 Å². The maximum atomic E-state index is 12.6. The molecule has 0 unspecified atom stereocenters. The second-order valence-corrected chi connectivity index (χ2v) is 8.11. The smallest absolute Gasteiger partial charge is 0.273 e. The van der Waals surface area contributed by atoms with Crippen LogP contribution in [0.1, 0.15) is 10.5 Å². The highest BCUT2D eigenvalue weighted by Gasteiger charge is 2.17. The molecule has 0 aliphatic carbocycles. The Bertz CT molecular complexity index is 1080. The molecule has 2 heterocycles. The summed E-state index contributed by atoms with van der Waals surface area (Å²) in [7, 11) is -1.81. The Balaban J connectivity index is 1.90. The first-order chi connectivity index (χ1) is 12.2. The van der Waals surface area contributed by atoms with Gasteiger partial charge in [0.05, 0.1) is 10.6 Å². The minimum absolute atomic E-state index is 0.0273. The van der Waals surface area contributed by atoms with E-state index in [0.717, 1.165) is 6.26 Å². The molecule has 0 saturated heterocycles. The van der Waals surface area contributed by atoms with Crippen molar-refractivity contribution < 1.29 is 13.2 Å². The highest BCUT2D eigenvalue weighted by molar-refractivity contribution is 7.90. The maximum Gasteiger partial charge on any atom is 0.273 e. The van der Waals surface area contributed by atoms with Gasteiger partial charge in [0.25, 0.3) is 5.91 Å². The van der Waals surface area contributed by atoms with Crippen LogP contribution in [0.15, 0.2) is 53.6 Å². The van der Waals surface area contributed by atoms with Gasteiger partial charge in [0.2, 0.25) is 0 Å². The Morgan fingerprint density at radius 2 is 1.92 bits per heavy atom. The minimum atomic E-state index is -3.45. The van der Waals surface area contributed by atoms with Crippen molar-refractivity contribution in [1.82, 2.24) is 14.8 Å². The molecule has 1 aromatic carbocycles. The van der Waals surface area contributed by atoms with Gasteiger partial charge in [0, 0.05) is 30.2 Å². The van der Waals surface area contributed by atoms with Crippen LogP contribution in [-0.2, 0) is 16.9 Å². The summed E-state index contributed by atoms with van der Waals surface area (Å²) in [5.74, 6) is -0.441. The summed E-state index contributed by atoms with van der Waals surface area (Å²) in [6, 6.07) is 11.2. The monoisotopic (exact) mass is 390 g/mol. The molecule has 2 aromatic heterocycles. The van der Waals surface area contributed by atoms with Gasteiger partial charge in [-0.1, -0.05) is 17.7 Å². The van der Waals surface area contributed by atoms with Crippen molar-refractivity contribution in [3.8, 4) is 11.4 Å². The van der Waals surface area contributed by atoms with Crippen LogP contribution < -0.4 is 5.32 Å². The molecule has 7 nitrogen and oxygen atoms in total. The Hall–Kier alpha value is -2.71. The van der Waals surface area contributed by atoms with Crippen molar-refractivity contribution in [3.63, 3.8) is 0 Å². The molecule has 1 amide bonds. The zero-order valence-electron chi connectivity index (χ0n) is 14.0. The Kier molecular flexibility index (Phi) is 4.80. The lowest BCUT2D eigenvalue weighted by Crippen LogP contribution is -2.16. The predicted octanol–water partition coefficient (Wildman–Crippen LogP) is 2.79. The largest absolute Gasteiger partial charge is 0.321 e. The highest BCUT2D eigenvalue weighted by atomic mass is 35.5. The summed E-state index contributed by atoms with van der Waals surface area (Å²) in [6.07, 6.45) is 2.72. The normalized spacial score (nSPS) is 11.3. The number of hydrogen-bond acceptors (Lipinski definition) is 5. The fourth-order valence-electron chi connectivity index (χ4n) is 2.36. The quantitative estimate of drug-likeness (QED) is 0.739. The first kappa shape index (κ1) is 18.1. The zero-order chi connectivity index (χ0) is 18.9.